The van der Waals surface area contributed by atoms with E-state index in [-0.39, 0.29) is 11.5 Å². The standard InChI is InChI=1S/C15H12BrN3O2/c1-7-4-8(2-3-11(7)17)14(20)9-5-12-13(6-10(9)16)19-15(21)18-12/h2-6H,17H2,1H3,(H2,18,19,21). The van der Waals surface area contributed by atoms with Crippen LogP contribution in [0.4, 0.5) is 5.69 Å². The Labute approximate surface area is 128 Å². The highest BCUT2D eigenvalue weighted by Crippen LogP contribution is 2.25. The average molecular weight is 346 g/mol. The molecule has 4 N–H and O–H groups in total. The van der Waals surface area contributed by atoms with E-state index in [1.807, 2.05) is 6.92 Å². The molecule has 0 aliphatic heterocycles. The number of nitrogens with two attached hydrogens (primary N) is 1. The molecule has 3 aromatic rings. The van der Waals surface area contributed by atoms with Gasteiger partial charge in [0.05, 0.1) is 11.0 Å². The quantitative estimate of drug-likeness (QED) is 0.492. The Hall–Kier alpha value is -2.34. The zero-order chi connectivity index (χ0) is 15.1. The number of rotatable bonds is 2. The minimum Gasteiger partial charge on any atom is -0.399 e. The minimum absolute atomic E-state index is 0.131. The van der Waals surface area contributed by atoms with Crippen LogP contribution in [0.3, 0.4) is 0 Å². The molecule has 5 nitrogen and oxygen atoms in total. The molecule has 0 aliphatic carbocycles. The second-order valence-corrected chi connectivity index (χ2v) is 5.71. The number of aromatic nitrogens is 2. The number of imidazole rings is 1. The first kappa shape index (κ1) is 13.6. The van der Waals surface area contributed by atoms with Gasteiger partial charge in [0.25, 0.3) is 0 Å². The normalized spacial score (nSPS) is 11.0. The van der Waals surface area contributed by atoms with Gasteiger partial charge in [-0.1, -0.05) is 0 Å². The highest BCUT2D eigenvalue weighted by Gasteiger charge is 2.15. The summed E-state index contributed by atoms with van der Waals surface area (Å²) in [7, 11) is 0. The first-order valence-electron chi connectivity index (χ1n) is 6.28. The van der Waals surface area contributed by atoms with Crippen LogP contribution in [0.5, 0.6) is 0 Å². The molecule has 106 valence electrons. The van der Waals surface area contributed by atoms with Crippen molar-refractivity contribution in [1.82, 2.24) is 9.97 Å². The number of H-pyrrole nitrogens is 2. The molecule has 21 heavy (non-hydrogen) atoms. The SMILES string of the molecule is Cc1cc(C(=O)c2cc3[nH]c(=O)[nH]c3cc2Br)ccc1N. The number of aryl methyl sites for hydroxylation is 1. The van der Waals surface area contributed by atoms with E-state index in [0.717, 1.165) is 5.56 Å². The summed E-state index contributed by atoms with van der Waals surface area (Å²) in [5, 5.41) is 0. The van der Waals surface area contributed by atoms with Gasteiger partial charge < -0.3 is 15.7 Å². The smallest absolute Gasteiger partial charge is 0.323 e. The van der Waals surface area contributed by atoms with Gasteiger partial charge >= 0.3 is 5.69 Å². The van der Waals surface area contributed by atoms with Crippen LogP contribution in [-0.4, -0.2) is 15.8 Å². The number of ketones is 1. The number of aromatic amines is 2. The zero-order valence-electron chi connectivity index (χ0n) is 11.2. The molecule has 0 spiro atoms. The molecule has 2 aromatic carbocycles. The molecule has 0 aliphatic rings. The van der Waals surface area contributed by atoms with Crippen molar-refractivity contribution < 1.29 is 4.79 Å². The fourth-order valence-corrected chi connectivity index (χ4v) is 2.73. The van der Waals surface area contributed by atoms with Crippen LogP contribution >= 0.6 is 15.9 Å². The van der Waals surface area contributed by atoms with Crippen LogP contribution in [-0.2, 0) is 0 Å². The van der Waals surface area contributed by atoms with Crippen molar-refractivity contribution in [3.8, 4) is 0 Å². The molecule has 0 fully saturated rings. The number of benzene rings is 2. The lowest BCUT2D eigenvalue weighted by molar-refractivity contribution is 0.103. The Morgan fingerprint density at radius 1 is 1.14 bits per heavy atom. The van der Waals surface area contributed by atoms with Crippen molar-refractivity contribution in [2.45, 2.75) is 6.92 Å². The summed E-state index contributed by atoms with van der Waals surface area (Å²) in [4.78, 5) is 29.2. The van der Waals surface area contributed by atoms with Gasteiger partial charge in [0.15, 0.2) is 5.78 Å². The van der Waals surface area contributed by atoms with E-state index in [2.05, 4.69) is 25.9 Å². The zero-order valence-corrected chi connectivity index (χ0v) is 12.7. The van der Waals surface area contributed by atoms with E-state index in [9.17, 15) is 9.59 Å². The molecule has 1 aromatic heterocycles. The van der Waals surface area contributed by atoms with Gasteiger partial charge in [-0.15, -0.1) is 0 Å². The lowest BCUT2D eigenvalue weighted by Crippen LogP contribution is -2.04. The molecule has 6 heteroatoms. The van der Waals surface area contributed by atoms with Crippen LogP contribution in [0, 0.1) is 6.92 Å². The number of carbonyl (C=O) groups excluding carboxylic acids is 1. The summed E-state index contributed by atoms with van der Waals surface area (Å²) in [6.45, 7) is 1.86. The number of anilines is 1. The molecule has 3 rings (SSSR count). The first-order valence-corrected chi connectivity index (χ1v) is 7.07. The molecule has 0 radical (unpaired) electrons. The highest BCUT2D eigenvalue weighted by molar-refractivity contribution is 9.10. The second-order valence-electron chi connectivity index (χ2n) is 4.86. The summed E-state index contributed by atoms with van der Waals surface area (Å²) in [6, 6.07) is 8.54. The summed E-state index contributed by atoms with van der Waals surface area (Å²) in [6.07, 6.45) is 0. The van der Waals surface area contributed by atoms with Gasteiger partial charge in [-0.05, 0) is 58.7 Å². The van der Waals surface area contributed by atoms with E-state index in [1.165, 1.54) is 0 Å². The van der Waals surface area contributed by atoms with Gasteiger partial charge in [0.1, 0.15) is 0 Å². The number of carbonyl (C=O) groups is 1. The molecule has 0 saturated heterocycles. The Bertz CT molecular complexity index is 924. The summed E-state index contributed by atoms with van der Waals surface area (Å²) in [5.74, 6) is -0.131. The van der Waals surface area contributed by atoms with Crippen LogP contribution in [0.15, 0.2) is 39.6 Å². The predicted molar refractivity (Wildman–Crippen MR) is 85.6 cm³/mol. The van der Waals surface area contributed by atoms with E-state index < -0.39 is 0 Å². The number of halogens is 1. The average Bonchev–Trinajstić information content (AvgIpc) is 2.79. The molecule has 0 saturated carbocycles. The van der Waals surface area contributed by atoms with Crippen molar-refractivity contribution in [2.24, 2.45) is 0 Å². The third-order valence-corrected chi connectivity index (χ3v) is 4.04. The molecule has 0 bridgehead atoms. The number of hydrogen-bond donors (Lipinski definition) is 3. The van der Waals surface area contributed by atoms with Crippen molar-refractivity contribution >= 4 is 38.4 Å². The molecule has 0 unspecified atom stereocenters. The topological polar surface area (TPSA) is 91.7 Å². The van der Waals surface area contributed by atoms with Gasteiger partial charge in [0, 0.05) is 21.3 Å². The van der Waals surface area contributed by atoms with E-state index >= 15 is 0 Å². The number of fused-ring (bicyclic) bond motifs is 1. The summed E-state index contributed by atoms with van der Waals surface area (Å²) in [5.41, 5.74) is 9.26. The summed E-state index contributed by atoms with van der Waals surface area (Å²) < 4.78 is 0.629. The molecular weight excluding hydrogens is 334 g/mol. The Kier molecular flexibility index (Phi) is 3.17. The van der Waals surface area contributed by atoms with Crippen molar-refractivity contribution in [3.05, 3.63) is 62.0 Å². The fourth-order valence-electron chi connectivity index (χ4n) is 2.20. The molecule has 0 atom stereocenters. The monoisotopic (exact) mass is 345 g/mol. The van der Waals surface area contributed by atoms with Crippen molar-refractivity contribution in [1.29, 1.82) is 0 Å². The summed E-state index contributed by atoms with van der Waals surface area (Å²) >= 11 is 3.38. The minimum atomic E-state index is -0.301. The highest BCUT2D eigenvalue weighted by atomic mass is 79.9. The van der Waals surface area contributed by atoms with Gasteiger partial charge in [0.2, 0.25) is 0 Å². The lowest BCUT2D eigenvalue weighted by atomic mass is 10.0. The predicted octanol–water partition coefficient (Wildman–Crippen LogP) is 2.74. The van der Waals surface area contributed by atoms with E-state index in [4.69, 9.17) is 5.73 Å². The van der Waals surface area contributed by atoms with Crippen molar-refractivity contribution in [2.75, 3.05) is 5.73 Å². The molecule has 1 heterocycles. The van der Waals surface area contributed by atoms with Gasteiger partial charge in [-0.3, -0.25) is 4.79 Å². The number of nitrogen functional groups attached to an aromatic ring is 1. The van der Waals surface area contributed by atoms with Crippen LogP contribution < -0.4 is 11.4 Å². The van der Waals surface area contributed by atoms with Gasteiger partial charge in [-0.25, -0.2) is 4.79 Å². The van der Waals surface area contributed by atoms with Crippen LogP contribution in [0.25, 0.3) is 11.0 Å². The first-order chi connectivity index (χ1) is 9.95. The second kappa shape index (κ2) is 4.89. The largest absolute Gasteiger partial charge is 0.399 e. The van der Waals surface area contributed by atoms with Crippen LogP contribution in [0.2, 0.25) is 0 Å². The van der Waals surface area contributed by atoms with E-state index in [1.54, 1.807) is 30.3 Å². The Morgan fingerprint density at radius 3 is 2.48 bits per heavy atom. The van der Waals surface area contributed by atoms with Gasteiger partial charge in [-0.2, -0.15) is 0 Å². The lowest BCUT2D eigenvalue weighted by Gasteiger charge is -2.07. The maximum absolute atomic E-state index is 12.6. The number of nitrogens with one attached hydrogen (secondary N) is 2. The third kappa shape index (κ3) is 2.38. The van der Waals surface area contributed by atoms with Crippen molar-refractivity contribution in [3.63, 3.8) is 0 Å². The Balaban J connectivity index is 2.14. The van der Waals surface area contributed by atoms with E-state index in [0.29, 0.717) is 32.3 Å². The molecule has 0 amide bonds. The molecular formula is C15H12BrN3O2. The third-order valence-electron chi connectivity index (χ3n) is 3.38. The van der Waals surface area contributed by atoms with Crippen LogP contribution in [0.1, 0.15) is 21.5 Å². The number of hydrogen-bond acceptors (Lipinski definition) is 3. The maximum Gasteiger partial charge on any atom is 0.323 e. The Morgan fingerprint density at radius 2 is 1.81 bits per heavy atom. The maximum atomic E-state index is 12.6. The fraction of sp³-hybridized carbons (Fsp3) is 0.0667.